The molecule has 9 heavy (non-hydrogen) atoms. The summed E-state index contributed by atoms with van der Waals surface area (Å²) in [5, 5.41) is 0. The van der Waals surface area contributed by atoms with Crippen molar-refractivity contribution < 1.29 is 4.79 Å². The molecule has 0 rings (SSSR count). The van der Waals surface area contributed by atoms with Crippen molar-refractivity contribution in [1.29, 1.82) is 0 Å². The number of rotatable bonds is 3. The van der Waals surface area contributed by atoms with Crippen molar-refractivity contribution in [2.45, 2.75) is 27.2 Å². The molecule has 0 heterocycles. The highest BCUT2D eigenvalue weighted by Crippen LogP contribution is 2.19. The van der Waals surface area contributed by atoms with E-state index in [9.17, 15) is 4.79 Å². The van der Waals surface area contributed by atoms with Gasteiger partial charge in [0, 0.05) is 0 Å². The fourth-order valence-corrected chi connectivity index (χ4v) is 0.362. The van der Waals surface area contributed by atoms with Gasteiger partial charge in [-0.05, 0) is 24.0 Å². The number of carbonyl (C=O) groups excluding carboxylic acids is 1. The molecule has 0 aliphatic carbocycles. The smallest absolute Gasteiger partial charge is 0.143 e. The van der Waals surface area contributed by atoms with Gasteiger partial charge in [0.2, 0.25) is 0 Å². The highest BCUT2D eigenvalue weighted by atomic mass is 16.1. The zero-order valence-electron chi connectivity index (χ0n) is 6.27. The number of carbonyl (C=O) groups is 1. The van der Waals surface area contributed by atoms with Crippen molar-refractivity contribution in [2.75, 3.05) is 0 Å². The van der Waals surface area contributed by atoms with Crippen LogP contribution < -0.4 is 0 Å². The molecule has 0 fully saturated rings. The summed E-state index contributed by atoms with van der Waals surface area (Å²) in [5.74, 6) is 0. The molecule has 0 aliphatic rings. The van der Waals surface area contributed by atoms with Crippen LogP contribution in [0.2, 0.25) is 0 Å². The second-order valence-corrected chi connectivity index (χ2v) is 2.68. The Hall–Kier alpha value is -0.590. The highest BCUT2D eigenvalue weighted by Gasteiger charge is 2.09. The lowest BCUT2D eigenvalue weighted by Gasteiger charge is -2.14. The van der Waals surface area contributed by atoms with E-state index in [0.29, 0.717) is 0 Å². The molecule has 0 atom stereocenters. The third-order valence-electron chi connectivity index (χ3n) is 1.43. The predicted octanol–water partition coefficient (Wildman–Crippen LogP) is 1.98. The number of hydrogen-bond acceptors (Lipinski definition) is 1. The molecule has 0 unspecified atom stereocenters. The van der Waals surface area contributed by atoms with Crippen LogP contribution in [0.5, 0.6) is 0 Å². The Balaban J connectivity index is 3.84. The van der Waals surface area contributed by atoms with E-state index in [-0.39, 0.29) is 5.41 Å². The Morgan fingerprint density at radius 2 is 2.11 bits per heavy atom. The molecular weight excluding hydrogens is 112 g/mol. The maximum absolute atomic E-state index is 9.85. The van der Waals surface area contributed by atoms with Crippen LogP contribution in [0, 0.1) is 11.5 Å². The molecule has 1 heteroatoms. The zero-order chi connectivity index (χ0) is 7.33. The molecule has 0 aromatic rings. The summed E-state index contributed by atoms with van der Waals surface area (Å²) in [6.45, 7) is 6.17. The van der Waals surface area contributed by atoms with Crippen LogP contribution in [0.15, 0.2) is 6.08 Å². The van der Waals surface area contributed by atoms with Crippen LogP contribution in [-0.2, 0) is 4.79 Å². The topological polar surface area (TPSA) is 17.1 Å². The molecule has 51 valence electrons. The van der Waals surface area contributed by atoms with Crippen molar-refractivity contribution in [3.63, 3.8) is 0 Å². The second kappa shape index (κ2) is 3.44. The Kier molecular flexibility index (Phi) is 3.21. The molecule has 0 aromatic heterocycles. The molecule has 0 aromatic carbocycles. The number of allylic oxidation sites excluding steroid dienone is 2. The van der Waals surface area contributed by atoms with Crippen LogP contribution in [-0.4, -0.2) is 6.29 Å². The summed E-state index contributed by atoms with van der Waals surface area (Å²) in [6.07, 6.45) is 6.17. The fraction of sp³-hybridized carbons (Fsp3) is 0.625. The van der Waals surface area contributed by atoms with Gasteiger partial charge in [-0.1, -0.05) is 20.8 Å². The summed E-state index contributed by atoms with van der Waals surface area (Å²) in [4.78, 5) is 9.85. The Morgan fingerprint density at radius 1 is 1.56 bits per heavy atom. The Morgan fingerprint density at radius 3 is 2.44 bits per heavy atom. The van der Waals surface area contributed by atoms with Gasteiger partial charge in [-0.25, -0.2) is 0 Å². The standard InChI is InChI=1S/C8H13O/c1-4-8(2,3)6-5-7-9/h5,7H,4H2,1-3H3. The molecule has 0 aliphatic heterocycles. The first-order chi connectivity index (χ1) is 4.12. The van der Waals surface area contributed by atoms with E-state index in [1.54, 1.807) is 0 Å². The molecule has 0 bridgehead atoms. The van der Waals surface area contributed by atoms with Gasteiger partial charge >= 0.3 is 0 Å². The van der Waals surface area contributed by atoms with Crippen LogP contribution in [0.3, 0.4) is 0 Å². The molecule has 0 saturated heterocycles. The molecule has 1 radical (unpaired) electrons. The monoisotopic (exact) mass is 125 g/mol. The maximum atomic E-state index is 9.85. The van der Waals surface area contributed by atoms with Gasteiger partial charge in [-0.2, -0.15) is 0 Å². The second-order valence-electron chi connectivity index (χ2n) is 2.68. The van der Waals surface area contributed by atoms with Gasteiger partial charge in [0.15, 0.2) is 0 Å². The molecule has 0 N–H and O–H groups in total. The summed E-state index contributed by atoms with van der Waals surface area (Å²) < 4.78 is 0. The molecule has 0 saturated carbocycles. The van der Waals surface area contributed by atoms with E-state index in [1.807, 2.05) is 13.8 Å². The molecular formula is C8H13O. The molecule has 0 spiro atoms. The summed E-state index contributed by atoms with van der Waals surface area (Å²) in [6, 6.07) is 0. The highest BCUT2D eigenvalue weighted by molar-refractivity contribution is 5.63. The first-order valence-electron chi connectivity index (χ1n) is 3.17. The SMILES string of the molecule is CCC(C)(C)/[C]=C/C=O. The lowest BCUT2D eigenvalue weighted by atomic mass is 9.90. The predicted molar refractivity (Wildman–Crippen MR) is 37.9 cm³/mol. The van der Waals surface area contributed by atoms with Gasteiger partial charge in [-0.15, -0.1) is 0 Å². The lowest BCUT2D eigenvalue weighted by molar-refractivity contribution is -0.104. The summed E-state index contributed by atoms with van der Waals surface area (Å²) >= 11 is 0. The van der Waals surface area contributed by atoms with E-state index >= 15 is 0 Å². The van der Waals surface area contributed by atoms with Crippen LogP contribution >= 0.6 is 0 Å². The largest absolute Gasteiger partial charge is 0.299 e. The van der Waals surface area contributed by atoms with E-state index in [0.717, 1.165) is 12.7 Å². The fourth-order valence-electron chi connectivity index (χ4n) is 0.362. The van der Waals surface area contributed by atoms with Gasteiger partial charge in [0.1, 0.15) is 6.29 Å². The average Bonchev–Trinajstić information content (AvgIpc) is 1.84. The quantitative estimate of drug-likeness (QED) is 0.416. The van der Waals surface area contributed by atoms with E-state index < -0.39 is 0 Å². The van der Waals surface area contributed by atoms with E-state index in [4.69, 9.17) is 0 Å². The average molecular weight is 125 g/mol. The van der Waals surface area contributed by atoms with Crippen molar-refractivity contribution >= 4 is 6.29 Å². The maximum Gasteiger partial charge on any atom is 0.143 e. The van der Waals surface area contributed by atoms with Gasteiger partial charge < -0.3 is 0 Å². The van der Waals surface area contributed by atoms with Crippen LogP contribution in [0.1, 0.15) is 27.2 Å². The van der Waals surface area contributed by atoms with Crippen molar-refractivity contribution in [1.82, 2.24) is 0 Å². The normalized spacial score (nSPS) is 12.3. The van der Waals surface area contributed by atoms with Crippen LogP contribution in [0.4, 0.5) is 0 Å². The summed E-state index contributed by atoms with van der Waals surface area (Å²) in [5.41, 5.74) is 0.0565. The van der Waals surface area contributed by atoms with Gasteiger partial charge in [-0.3, -0.25) is 4.79 Å². The van der Waals surface area contributed by atoms with E-state index in [1.165, 1.54) is 6.08 Å². The minimum atomic E-state index is 0.0565. The first-order valence-corrected chi connectivity index (χ1v) is 3.17. The van der Waals surface area contributed by atoms with Gasteiger partial charge in [0.05, 0.1) is 0 Å². The first kappa shape index (κ1) is 8.41. The number of hydrogen-bond donors (Lipinski definition) is 0. The third-order valence-corrected chi connectivity index (χ3v) is 1.43. The van der Waals surface area contributed by atoms with E-state index in [2.05, 4.69) is 13.0 Å². The Labute approximate surface area is 56.8 Å². The minimum absolute atomic E-state index is 0.0565. The van der Waals surface area contributed by atoms with Crippen molar-refractivity contribution in [3.05, 3.63) is 12.2 Å². The summed E-state index contributed by atoms with van der Waals surface area (Å²) in [7, 11) is 0. The lowest BCUT2D eigenvalue weighted by Crippen LogP contribution is -2.04. The zero-order valence-corrected chi connectivity index (χ0v) is 6.27. The third kappa shape index (κ3) is 3.95. The van der Waals surface area contributed by atoms with Crippen LogP contribution in [0.25, 0.3) is 0 Å². The Bertz CT molecular complexity index is 112. The van der Waals surface area contributed by atoms with Crippen molar-refractivity contribution in [3.8, 4) is 0 Å². The van der Waals surface area contributed by atoms with Crippen molar-refractivity contribution in [2.24, 2.45) is 5.41 Å². The number of aldehydes is 1. The minimum Gasteiger partial charge on any atom is -0.299 e. The van der Waals surface area contributed by atoms with Gasteiger partial charge in [0.25, 0.3) is 0 Å². The molecule has 0 amide bonds. The molecule has 1 nitrogen and oxygen atoms in total.